The van der Waals surface area contributed by atoms with Gasteiger partial charge in [-0.25, -0.2) is 17.7 Å². The molecule has 116 valence electrons. The Kier molecular flexibility index (Phi) is 8.33. The highest BCUT2D eigenvalue weighted by Gasteiger charge is 2.15. The van der Waals surface area contributed by atoms with Gasteiger partial charge in [-0.2, -0.15) is 0 Å². The first-order valence-corrected chi connectivity index (χ1v) is 8.28. The molecule has 0 saturated carbocycles. The minimum absolute atomic E-state index is 0.0295. The molecule has 1 atom stereocenters. The molecule has 20 heavy (non-hydrogen) atoms. The van der Waals surface area contributed by atoms with E-state index in [9.17, 15) is 8.42 Å². The number of allylic oxidation sites excluding steroid dienone is 1. The molecule has 0 rings (SSSR count). The van der Waals surface area contributed by atoms with Gasteiger partial charge in [0.25, 0.3) is 0 Å². The predicted molar refractivity (Wildman–Crippen MR) is 85.7 cm³/mol. The van der Waals surface area contributed by atoms with Crippen LogP contribution in [-0.2, 0) is 10.0 Å². The summed E-state index contributed by atoms with van der Waals surface area (Å²) in [6.07, 6.45) is 3.76. The zero-order valence-electron chi connectivity index (χ0n) is 13.0. The van der Waals surface area contributed by atoms with Crippen LogP contribution >= 0.6 is 0 Å². The summed E-state index contributed by atoms with van der Waals surface area (Å²) in [5.74, 6) is 0.699. The van der Waals surface area contributed by atoms with E-state index in [1.165, 1.54) is 10.6 Å². The molecule has 0 heterocycles. The molecule has 0 aliphatic rings. The van der Waals surface area contributed by atoms with E-state index in [0.29, 0.717) is 18.8 Å². The Bertz CT molecular complexity index is 481. The van der Waals surface area contributed by atoms with E-state index in [2.05, 4.69) is 9.98 Å². The lowest BCUT2D eigenvalue weighted by Crippen LogP contribution is -2.30. The molecular weight excluding hydrogens is 276 g/mol. The van der Waals surface area contributed by atoms with Crippen LogP contribution in [0.3, 0.4) is 0 Å². The zero-order chi connectivity index (χ0) is 15.8. The number of amidine groups is 1. The maximum Gasteiger partial charge on any atom is 0.213 e. The molecule has 2 N–H and O–H groups in total. The largest absolute Gasteiger partial charge is 0.390 e. The number of nitrogens with zero attached hydrogens (tertiary/aromatic N) is 3. The Morgan fingerprint density at radius 3 is 2.50 bits per heavy atom. The predicted octanol–water partition coefficient (Wildman–Crippen LogP) is 1.40. The highest BCUT2D eigenvalue weighted by molar-refractivity contribution is 7.89. The molecule has 0 bridgehead atoms. The Labute approximate surface area is 122 Å². The van der Waals surface area contributed by atoms with Crippen LogP contribution in [0.4, 0.5) is 0 Å². The van der Waals surface area contributed by atoms with Crippen LogP contribution in [0.2, 0.25) is 0 Å². The van der Waals surface area contributed by atoms with Crippen molar-refractivity contribution < 1.29 is 8.42 Å². The fourth-order valence-electron chi connectivity index (χ4n) is 1.44. The molecule has 7 heteroatoms. The molecule has 0 aliphatic heterocycles. The summed E-state index contributed by atoms with van der Waals surface area (Å²) in [5.41, 5.74) is 6.25. The van der Waals surface area contributed by atoms with Gasteiger partial charge in [0, 0.05) is 13.6 Å². The second-order valence-electron chi connectivity index (χ2n) is 4.56. The van der Waals surface area contributed by atoms with Crippen molar-refractivity contribution in [1.29, 1.82) is 0 Å². The molecule has 0 aromatic rings. The van der Waals surface area contributed by atoms with Gasteiger partial charge in [-0.15, -0.1) is 0 Å². The molecular formula is C13H26N4O2S. The molecule has 0 aromatic carbocycles. The minimum Gasteiger partial charge on any atom is -0.390 e. The molecule has 0 saturated heterocycles. The van der Waals surface area contributed by atoms with E-state index in [4.69, 9.17) is 5.73 Å². The summed E-state index contributed by atoms with van der Waals surface area (Å²) in [6, 6.07) is -0.0295. The van der Waals surface area contributed by atoms with Gasteiger partial charge in [-0.05, 0) is 39.7 Å². The third-order valence-corrected chi connectivity index (χ3v) is 4.89. The Morgan fingerprint density at radius 2 is 2.05 bits per heavy atom. The number of sulfonamides is 1. The van der Waals surface area contributed by atoms with Crippen molar-refractivity contribution in [2.75, 3.05) is 19.3 Å². The Balaban J connectivity index is 4.73. The van der Waals surface area contributed by atoms with Crippen LogP contribution in [-0.4, -0.2) is 50.3 Å². The van der Waals surface area contributed by atoms with Crippen molar-refractivity contribution in [2.45, 2.75) is 40.2 Å². The smallest absolute Gasteiger partial charge is 0.213 e. The molecule has 0 radical (unpaired) electrons. The monoisotopic (exact) mass is 302 g/mol. The van der Waals surface area contributed by atoms with Gasteiger partial charge >= 0.3 is 0 Å². The fourth-order valence-corrected chi connectivity index (χ4v) is 2.26. The van der Waals surface area contributed by atoms with Gasteiger partial charge in [-0.3, -0.25) is 4.99 Å². The summed E-state index contributed by atoms with van der Waals surface area (Å²) in [5, 5.41) is 0. The lowest BCUT2D eigenvalue weighted by molar-refractivity contribution is 0.448. The molecule has 0 fully saturated rings. The van der Waals surface area contributed by atoms with Gasteiger partial charge in [0.15, 0.2) is 5.84 Å². The third-order valence-electron chi connectivity index (χ3n) is 3.03. The average molecular weight is 302 g/mol. The molecule has 0 aromatic heterocycles. The van der Waals surface area contributed by atoms with Gasteiger partial charge in [0.2, 0.25) is 10.0 Å². The van der Waals surface area contributed by atoms with Gasteiger partial charge < -0.3 is 5.73 Å². The summed E-state index contributed by atoms with van der Waals surface area (Å²) in [4.78, 5) is 8.50. The van der Waals surface area contributed by atoms with Crippen LogP contribution in [0.1, 0.15) is 34.1 Å². The van der Waals surface area contributed by atoms with Crippen molar-refractivity contribution in [3.05, 3.63) is 11.6 Å². The van der Waals surface area contributed by atoms with Crippen LogP contribution < -0.4 is 5.73 Å². The first-order valence-electron chi connectivity index (χ1n) is 6.67. The maximum atomic E-state index is 11.6. The summed E-state index contributed by atoms with van der Waals surface area (Å²) >= 11 is 0. The standard InChI is InChI=1S/C13H26N4O2S/c1-6-11(3)13(15-10-14)16-12(4)8-9-17(5)20(18,19)7-2/h6,10,12H,7-9H2,1-5H3,(H2,14,15,16)/b11-6+. The van der Waals surface area contributed by atoms with Gasteiger partial charge in [0.1, 0.15) is 0 Å². The van der Waals surface area contributed by atoms with E-state index < -0.39 is 10.0 Å². The topological polar surface area (TPSA) is 88.1 Å². The van der Waals surface area contributed by atoms with Crippen molar-refractivity contribution >= 4 is 22.2 Å². The lowest BCUT2D eigenvalue weighted by atomic mass is 10.2. The third kappa shape index (κ3) is 6.29. The van der Waals surface area contributed by atoms with Crippen molar-refractivity contribution in [2.24, 2.45) is 15.7 Å². The Morgan fingerprint density at radius 1 is 1.45 bits per heavy atom. The summed E-state index contributed by atoms with van der Waals surface area (Å²) in [6.45, 7) is 7.82. The van der Waals surface area contributed by atoms with E-state index in [1.54, 1.807) is 14.0 Å². The van der Waals surface area contributed by atoms with E-state index >= 15 is 0 Å². The fraction of sp³-hybridized carbons (Fsp3) is 0.692. The highest BCUT2D eigenvalue weighted by Crippen LogP contribution is 2.07. The minimum atomic E-state index is -3.13. The quantitative estimate of drug-likeness (QED) is 0.569. The maximum absolute atomic E-state index is 11.6. The van der Waals surface area contributed by atoms with Crippen LogP contribution in [0.5, 0.6) is 0 Å². The molecule has 0 aliphatic carbocycles. The number of nitrogens with two attached hydrogens (primary N) is 1. The van der Waals surface area contributed by atoms with Gasteiger partial charge in [-0.1, -0.05) is 6.08 Å². The van der Waals surface area contributed by atoms with Crippen molar-refractivity contribution in [3.63, 3.8) is 0 Å². The summed E-state index contributed by atoms with van der Waals surface area (Å²) in [7, 11) is -1.54. The normalized spacial score (nSPS) is 16.1. The highest BCUT2D eigenvalue weighted by atomic mass is 32.2. The lowest BCUT2D eigenvalue weighted by Gasteiger charge is -2.17. The second-order valence-corrected chi connectivity index (χ2v) is 6.93. The number of hydrogen-bond acceptors (Lipinski definition) is 3. The van der Waals surface area contributed by atoms with Crippen molar-refractivity contribution in [1.82, 2.24) is 4.31 Å². The van der Waals surface area contributed by atoms with Crippen molar-refractivity contribution in [3.8, 4) is 0 Å². The number of hydrogen-bond donors (Lipinski definition) is 1. The average Bonchev–Trinajstić information content (AvgIpc) is 2.43. The molecule has 6 nitrogen and oxygen atoms in total. The van der Waals surface area contributed by atoms with Crippen LogP contribution in [0.25, 0.3) is 0 Å². The number of aliphatic imine (C=N–C) groups is 2. The first kappa shape index (κ1) is 18.8. The molecule has 1 unspecified atom stereocenters. The SMILES string of the molecule is C/C=C(\C)C(N=CN)=NC(C)CCN(C)S(=O)(=O)CC. The Hall–Kier alpha value is -1.21. The van der Waals surface area contributed by atoms with E-state index in [0.717, 1.165) is 5.57 Å². The van der Waals surface area contributed by atoms with Crippen LogP contribution in [0.15, 0.2) is 21.6 Å². The van der Waals surface area contributed by atoms with E-state index in [-0.39, 0.29) is 11.8 Å². The molecule has 0 spiro atoms. The molecule has 0 amide bonds. The number of rotatable bonds is 7. The van der Waals surface area contributed by atoms with E-state index in [1.807, 2.05) is 26.8 Å². The zero-order valence-corrected chi connectivity index (χ0v) is 13.8. The first-order chi connectivity index (χ1) is 9.28. The summed E-state index contributed by atoms with van der Waals surface area (Å²) < 4.78 is 24.6. The second kappa shape index (κ2) is 8.86. The van der Waals surface area contributed by atoms with Crippen LogP contribution in [0, 0.1) is 0 Å². The van der Waals surface area contributed by atoms with Gasteiger partial charge in [0.05, 0.1) is 18.1 Å².